The lowest BCUT2D eigenvalue weighted by molar-refractivity contribution is 0.411. The summed E-state index contributed by atoms with van der Waals surface area (Å²) < 4.78 is 4.35. The summed E-state index contributed by atoms with van der Waals surface area (Å²) in [6.07, 6.45) is 4.16. The van der Waals surface area contributed by atoms with Crippen LogP contribution < -0.4 is 0 Å². The molecule has 0 heterocycles. The molecule has 0 aromatic carbocycles. The van der Waals surface area contributed by atoms with Gasteiger partial charge in [0.15, 0.2) is 0 Å². The second-order valence-electron chi connectivity index (χ2n) is 1.76. The lowest BCUT2D eigenvalue weighted by Crippen LogP contribution is -2.22. The Hall–Kier alpha value is 0.620. The smallest absolute Gasteiger partial charge is 0.0697 e. The second-order valence-corrected chi connectivity index (χ2v) is 3.74. The predicted molar refractivity (Wildman–Crippen MR) is 47.4 cm³/mol. The SMILES string of the molecule is CSN(C)CN(C)SC. The maximum atomic E-state index is 2.18. The number of hydrogen-bond acceptors (Lipinski definition) is 4. The Balaban J connectivity index is 3.22. The molecule has 56 valence electrons. The van der Waals surface area contributed by atoms with Crippen LogP contribution in [0.15, 0.2) is 0 Å². The van der Waals surface area contributed by atoms with Crippen molar-refractivity contribution in [2.24, 2.45) is 0 Å². The number of hydrogen-bond donors (Lipinski definition) is 0. The maximum Gasteiger partial charge on any atom is 0.0697 e. The van der Waals surface area contributed by atoms with Crippen LogP contribution in [0.5, 0.6) is 0 Å². The molecule has 0 unspecified atom stereocenters. The molecule has 9 heavy (non-hydrogen) atoms. The van der Waals surface area contributed by atoms with Gasteiger partial charge in [-0.3, -0.25) is 0 Å². The fraction of sp³-hybridized carbons (Fsp3) is 1.00. The molecule has 0 N–H and O–H groups in total. The Labute approximate surface area is 66.2 Å². The van der Waals surface area contributed by atoms with Crippen LogP contribution in [0.25, 0.3) is 0 Å². The van der Waals surface area contributed by atoms with Gasteiger partial charge in [0, 0.05) is 0 Å². The van der Waals surface area contributed by atoms with Gasteiger partial charge < -0.3 is 0 Å². The topological polar surface area (TPSA) is 6.48 Å². The zero-order valence-corrected chi connectivity index (χ0v) is 8.05. The van der Waals surface area contributed by atoms with Crippen LogP contribution >= 0.6 is 23.9 Å². The van der Waals surface area contributed by atoms with Crippen molar-refractivity contribution in [3.05, 3.63) is 0 Å². The van der Waals surface area contributed by atoms with Crippen LogP contribution in [-0.2, 0) is 0 Å². The second kappa shape index (κ2) is 5.41. The van der Waals surface area contributed by atoms with E-state index >= 15 is 0 Å². The van der Waals surface area contributed by atoms with Crippen molar-refractivity contribution in [1.29, 1.82) is 0 Å². The van der Waals surface area contributed by atoms with E-state index in [-0.39, 0.29) is 0 Å². The molecule has 0 rings (SSSR count). The van der Waals surface area contributed by atoms with Gasteiger partial charge in [0.1, 0.15) is 0 Å². The van der Waals surface area contributed by atoms with Gasteiger partial charge in [0.05, 0.1) is 6.67 Å². The molecule has 0 aliphatic rings. The largest absolute Gasteiger partial charge is 0.239 e. The van der Waals surface area contributed by atoms with Crippen molar-refractivity contribution in [1.82, 2.24) is 8.61 Å². The highest BCUT2D eigenvalue weighted by molar-refractivity contribution is 7.97. The summed E-state index contributed by atoms with van der Waals surface area (Å²) in [5, 5.41) is 0. The molecule has 0 atom stereocenters. The molecule has 0 aromatic rings. The number of rotatable bonds is 4. The van der Waals surface area contributed by atoms with Gasteiger partial charge in [-0.2, -0.15) is 0 Å². The maximum absolute atomic E-state index is 2.18. The Morgan fingerprint density at radius 3 is 1.56 bits per heavy atom. The molecular weight excluding hydrogens is 152 g/mol. The Bertz CT molecular complexity index is 62.0. The first-order valence-electron chi connectivity index (χ1n) is 2.71. The van der Waals surface area contributed by atoms with Crippen LogP contribution in [0.4, 0.5) is 0 Å². The van der Waals surface area contributed by atoms with E-state index in [0.29, 0.717) is 0 Å². The van der Waals surface area contributed by atoms with E-state index in [4.69, 9.17) is 0 Å². The molecule has 4 heteroatoms. The fourth-order valence-corrected chi connectivity index (χ4v) is 1.05. The summed E-state index contributed by atoms with van der Waals surface area (Å²) in [7, 11) is 4.16. The van der Waals surface area contributed by atoms with Crippen molar-refractivity contribution in [2.75, 3.05) is 33.3 Å². The van der Waals surface area contributed by atoms with Gasteiger partial charge >= 0.3 is 0 Å². The van der Waals surface area contributed by atoms with Gasteiger partial charge in [-0.15, -0.1) is 0 Å². The van der Waals surface area contributed by atoms with Crippen molar-refractivity contribution in [2.45, 2.75) is 0 Å². The standard InChI is InChI=1S/C5H14N2S2/c1-6(8-3)5-7(2)9-4/h5H2,1-4H3. The molecule has 0 fully saturated rings. The van der Waals surface area contributed by atoms with Crippen LogP contribution in [0, 0.1) is 0 Å². The summed E-state index contributed by atoms with van der Waals surface area (Å²) in [4.78, 5) is 0. The summed E-state index contributed by atoms with van der Waals surface area (Å²) in [5.41, 5.74) is 0. The first-order chi connectivity index (χ1) is 4.20. The predicted octanol–water partition coefficient (Wildman–Crippen LogP) is 1.36. The summed E-state index contributed by atoms with van der Waals surface area (Å²) >= 11 is 3.49. The molecule has 0 aliphatic heterocycles. The van der Waals surface area contributed by atoms with E-state index in [1.165, 1.54) is 0 Å². The van der Waals surface area contributed by atoms with E-state index < -0.39 is 0 Å². The fourth-order valence-electron chi connectivity index (χ4n) is 0.396. The molecule has 0 saturated heterocycles. The average Bonchev–Trinajstić information content (AvgIpc) is 1.87. The third-order valence-corrected chi connectivity index (χ3v) is 2.50. The minimum absolute atomic E-state index is 1.00. The summed E-state index contributed by atoms with van der Waals surface area (Å²) in [5.74, 6) is 0. The van der Waals surface area contributed by atoms with Gasteiger partial charge in [0.25, 0.3) is 0 Å². The summed E-state index contributed by atoms with van der Waals surface area (Å²) in [6.45, 7) is 1.00. The van der Waals surface area contributed by atoms with Gasteiger partial charge in [-0.25, -0.2) is 8.61 Å². The third kappa shape index (κ3) is 5.08. The van der Waals surface area contributed by atoms with E-state index in [9.17, 15) is 0 Å². The molecule has 0 amide bonds. The van der Waals surface area contributed by atoms with E-state index in [2.05, 4.69) is 35.2 Å². The van der Waals surface area contributed by atoms with Gasteiger partial charge in [0.2, 0.25) is 0 Å². The molecule has 0 saturated carbocycles. The van der Waals surface area contributed by atoms with Crippen molar-refractivity contribution < 1.29 is 0 Å². The zero-order valence-electron chi connectivity index (χ0n) is 6.42. The molecule has 0 aliphatic carbocycles. The first kappa shape index (κ1) is 9.62. The highest BCUT2D eigenvalue weighted by Crippen LogP contribution is 2.06. The highest BCUT2D eigenvalue weighted by atomic mass is 32.2. The Kier molecular flexibility index (Phi) is 5.78. The van der Waals surface area contributed by atoms with Gasteiger partial charge in [-0.1, -0.05) is 23.9 Å². The highest BCUT2D eigenvalue weighted by Gasteiger charge is 1.97. The first-order valence-corrected chi connectivity index (χ1v) is 5.07. The van der Waals surface area contributed by atoms with Gasteiger partial charge in [-0.05, 0) is 26.6 Å². The minimum Gasteiger partial charge on any atom is -0.239 e. The molecule has 2 nitrogen and oxygen atoms in total. The Morgan fingerprint density at radius 2 is 1.33 bits per heavy atom. The molecule has 0 spiro atoms. The van der Waals surface area contributed by atoms with Crippen molar-refractivity contribution in [3.8, 4) is 0 Å². The quantitative estimate of drug-likeness (QED) is 0.459. The third-order valence-electron chi connectivity index (χ3n) is 1.02. The van der Waals surface area contributed by atoms with E-state index in [1.807, 2.05) is 0 Å². The monoisotopic (exact) mass is 166 g/mol. The minimum atomic E-state index is 1.00. The van der Waals surface area contributed by atoms with Crippen molar-refractivity contribution >= 4 is 23.9 Å². The van der Waals surface area contributed by atoms with Crippen LogP contribution in [0.2, 0.25) is 0 Å². The molecule has 0 aromatic heterocycles. The van der Waals surface area contributed by atoms with E-state index in [0.717, 1.165) is 6.67 Å². The van der Waals surface area contributed by atoms with E-state index in [1.54, 1.807) is 23.9 Å². The Morgan fingerprint density at radius 1 is 1.00 bits per heavy atom. The van der Waals surface area contributed by atoms with Crippen LogP contribution in [-0.4, -0.2) is 41.9 Å². The van der Waals surface area contributed by atoms with Crippen LogP contribution in [0.1, 0.15) is 0 Å². The van der Waals surface area contributed by atoms with Crippen molar-refractivity contribution in [3.63, 3.8) is 0 Å². The lowest BCUT2D eigenvalue weighted by Gasteiger charge is -2.19. The molecule has 0 bridgehead atoms. The molecule has 0 radical (unpaired) electrons. The zero-order chi connectivity index (χ0) is 7.28. The number of nitrogens with zero attached hydrogens (tertiary/aromatic N) is 2. The molecular formula is C5H14N2S2. The van der Waals surface area contributed by atoms with Crippen LogP contribution in [0.3, 0.4) is 0 Å². The lowest BCUT2D eigenvalue weighted by atomic mass is 11.0. The normalized spacial score (nSPS) is 11.3. The summed E-state index contributed by atoms with van der Waals surface area (Å²) in [6, 6.07) is 0. The average molecular weight is 166 g/mol.